The highest BCUT2D eigenvalue weighted by Gasteiger charge is 1.92. The maximum atomic E-state index is 10.5. The van der Waals surface area contributed by atoms with Crippen LogP contribution in [0.25, 0.3) is 0 Å². The van der Waals surface area contributed by atoms with Gasteiger partial charge >= 0.3 is 0 Å². The Bertz CT molecular complexity index is 179. The van der Waals surface area contributed by atoms with Crippen molar-refractivity contribution in [2.75, 3.05) is 0 Å². The maximum absolute atomic E-state index is 10.5. The van der Waals surface area contributed by atoms with Crippen molar-refractivity contribution in [3.05, 3.63) is 30.3 Å². The first-order chi connectivity index (χ1) is 4.33. The van der Waals surface area contributed by atoms with Gasteiger partial charge in [0.2, 0.25) is 0 Å². The molecular formula is C7H8NO-. The number of rotatable bonds is 1. The highest BCUT2D eigenvalue weighted by molar-refractivity contribution is 5.92. The van der Waals surface area contributed by atoms with Crippen molar-refractivity contribution in [1.82, 2.24) is 0 Å². The summed E-state index contributed by atoms with van der Waals surface area (Å²) in [6.45, 7) is 1.49. The summed E-state index contributed by atoms with van der Waals surface area (Å²) in [6.07, 6.45) is 5.55. The standard InChI is InChI=1S/C7H8NO/c8-5-6-1-3-7(9)4-2-6/h1-3,5H,4,8H2/q-1. The number of allylic oxidation sites excluding steroid dienone is 2. The van der Waals surface area contributed by atoms with Crippen LogP contribution < -0.4 is 5.73 Å². The van der Waals surface area contributed by atoms with Gasteiger partial charge in [-0.25, -0.2) is 0 Å². The van der Waals surface area contributed by atoms with E-state index in [4.69, 9.17) is 5.73 Å². The SMILES string of the molecule is N[CH-]C1=CCC(=O)C=C1. The summed E-state index contributed by atoms with van der Waals surface area (Å²) in [7, 11) is 0. The molecule has 0 radical (unpaired) electrons. The van der Waals surface area contributed by atoms with Crippen LogP contribution in [0.4, 0.5) is 0 Å². The van der Waals surface area contributed by atoms with E-state index in [1.807, 2.05) is 6.08 Å². The zero-order chi connectivity index (χ0) is 6.69. The van der Waals surface area contributed by atoms with Gasteiger partial charge in [0, 0.05) is 0 Å². The Morgan fingerprint density at radius 1 is 1.56 bits per heavy atom. The average molecular weight is 122 g/mol. The summed E-state index contributed by atoms with van der Waals surface area (Å²) >= 11 is 0. The molecule has 1 aliphatic rings. The number of nitrogens with two attached hydrogens (primary N) is 1. The van der Waals surface area contributed by atoms with Crippen LogP contribution in [-0.2, 0) is 4.79 Å². The molecule has 9 heavy (non-hydrogen) atoms. The fraction of sp³-hybridized carbons (Fsp3) is 0.143. The zero-order valence-corrected chi connectivity index (χ0v) is 5.00. The Morgan fingerprint density at radius 2 is 2.33 bits per heavy atom. The topological polar surface area (TPSA) is 43.1 Å². The van der Waals surface area contributed by atoms with Crippen LogP contribution in [0.2, 0.25) is 0 Å². The number of hydrogen-bond donors (Lipinski definition) is 1. The molecule has 0 heterocycles. The summed E-state index contributed by atoms with van der Waals surface area (Å²) in [6, 6.07) is 0. The molecule has 1 rings (SSSR count). The lowest BCUT2D eigenvalue weighted by Crippen LogP contribution is -2.00. The summed E-state index contributed by atoms with van der Waals surface area (Å²) in [4.78, 5) is 10.5. The Labute approximate surface area is 54.0 Å². The molecule has 0 unspecified atom stereocenters. The Morgan fingerprint density at radius 3 is 2.78 bits per heavy atom. The highest BCUT2D eigenvalue weighted by atomic mass is 16.1. The van der Waals surface area contributed by atoms with Gasteiger partial charge in [-0.3, -0.25) is 4.79 Å². The molecule has 0 aromatic rings. The summed E-state index contributed by atoms with van der Waals surface area (Å²) in [5.41, 5.74) is 6.12. The third kappa shape index (κ3) is 1.44. The first kappa shape index (κ1) is 6.11. The van der Waals surface area contributed by atoms with Crippen LogP contribution in [0.3, 0.4) is 0 Å². The van der Waals surface area contributed by atoms with Crippen molar-refractivity contribution in [1.29, 1.82) is 0 Å². The van der Waals surface area contributed by atoms with E-state index >= 15 is 0 Å². The molecule has 0 saturated heterocycles. The molecule has 0 atom stereocenters. The first-order valence-electron chi connectivity index (χ1n) is 2.79. The van der Waals surface area contributed by atoms with Crippen LogP contribution in [0.5, 0.6) is 0 Å². The molecule has 0 fully saturated rings. The minimum atomic E-state index is 0.139. The van der Waals surface area contributed by atoms with Gasteiger partial charge in [0.25, 0.3) is 0 Å². The van der Waals surface area contributed by atoms with Crippen LogP contribution in [0.15, 0.2) is 23.8 Å². The van der Waals surface area contributed by atoms with Gasteiger partial charge in [-0.05, 0) is 6.42 Å². The lowest BCUT2D eigenvalue weighted by atomic mass is 10.1. The zero-order valence-electron chi connectivity index (χ0n) is 5.00. The first-order valence-corrected chi connectivity index (χ1v) is 2.79. The van der Waals surface area contributed by atoms with E-state index in [-0.39, 0.29) is 5.78 Å². The van der Waals surface area contributed by atoms with Crippen LogP contribution in [0.1, 0.15) is 6.42 Å². The van der Waals surface area contributed by atoms with E-state index in [0.29, 0.717) is 6.42 Å². The summed E-state index contributed by atoms with van der Waals surface area (Å²) in [5, 5.41) is 0. The molecule has 2 nitrogen and oxygen atoms in total. The van der Waals surface area contributed by atoms with E-state index in [2.05, 4.69) is 0 Å². The van der Waals surface area contributed by atoms with Gasteiger partial charge in [-0.1, -0.05) is 6.08 Å². The largest absolute Gasteiger partial charge is 0.360 e. The third-order valence-electron chi connectivity index (χ3n) is 1.19. The van der Waals surface area contributed by atoms with Gasteiger partial charge in [0.15, 0.2) is 0 Å². The second kappa shape index (κ2) is 2.51. The Balaban J connectivity index is 2.63. The van der Waals surface area contributed by atoms with Crippen molar-refractivity contribution in [2.45, 2.75) is 6.42 Å². The van der Waals surface area contributed by atoms with Gasteiger partial charge in [0.05, 0.1) is 0 Å². The molecule has 0 aromatic carbocycles. The molecule has 0 aromatic heterocycles. The molecule has 0 bridgehead atoms. The van der Waals surface area contributed by atoms with Gasteiger partial charge in [0.1, 0.15) is 5.78 Å². The van der Waals surface area contributed by atoms with Crippen molar-refractivity contribution in [3.8, 4) is 0 Å². The molecule has 0 aliphatic heterocycles. The molecule has 1 aliphatic carbocycles. The lowest BCUT2D eigenvalue weighted by Gasteiger charge is -2.10. The van der Waals surface area contributed by atoms with E-state index in [1.54, 1.807) is 12.2 Å². The summed E-state index contributed by atoms with van der Waals surface area (Å²) < 4.78 is 0. The number of carbonyl (C=O) groups excluding carboxylic acids is 1. The Kier molecular flexibility index (Phi) is 1.70. The predicted octanol–water partition coefficient (Wildman–Crippen LogP) is 0.562. The lowest BCUT2D eigenvalue weighted by molar-refractivity contribution is -0.113. The molecule has 48 valence electrons. The van der Waals surface area contributed by atoms with E-state index in [1.165, 1.54) is 6.54 Å². The number of hydrogen-bond acceptors (Lipinski definition) is 2. The molecule has 0 saturated carbocycles. The van der Waals surface area contributed by atoms with E-state index < -0.39 is 0 Å². The minimum Gasteiger partial charge on any atom is -0.360 e. The second-order valence-corrected chi connectivity index (χ2v) is 1.87. The fourth-order valence-electron chi connectivity index (χ4n) is 0.667. The van der Waals surface area contributed by atoms with Gasteiger partial charge in [-0.2, -0.15) is 17.7 Å². The molecular weight excluding hydrogens is 114 g/mol. The Hall–Kier alpha value is -1.02. The molecule has 0 spiro atoms. The third-order valence-corrected chi connectivity index (χ3v) is 1.19. The second-order valence-electron chi connectivity index (χ2n) is 1.87. The fourth-order valence-corrected chi connectivity index (χ4v) is 0.667. The quantitative estimate of drug-likeness (QED) is 0.516. The summed E-state index contributed by atoms with van der Waals surface area (Å²) in [5.74, 6) is 0.139. The van der Waals surface area contributed by atoms with E-state index in [9.17, 15) is 4.79 Å². The van der Waals surface area contributed by atoms with Crippen molar-refractivity contribution >= 4 is 5.78 Å². The minimum absolute atomic E-state index is 0.139. The van der Waals surface area contributed by atoms with Crippen LogP contribution in [0, 0.1) is 6.54 Å². The van der Waals surface area contributed by atoms with Crippen LogP contribution >= 0.6 is 0 Å². The van der Waals surface area contributed by atoms with Gasteiger partial charge < -0.3 is 5.73 Å². The van der Waals surface area contributed by atoms with Crippen LogP contribution in [-0.4, -0.2) is 5.78 Å². The van der Waals surface area contributed by atoms with E-state index in [0.717, 1.165) is 5.57 Å². The monoisotopic (exact) mass is 122 g/mol. The highest BCUT2D eigenvalue weighted by Crippen LogP contribution is 2.06. The molecule has 0 amide bonds. The van der Waals surface area contributed by atoms with Crippen molar-refractivity contribution < 1.29 is 4.79 Å². The van der Waals surface area contributed by atoms with Crippen molar-refractivity contribution in [3.63, 3.8) is 0 Å². The number of carbonyl (C=O) groups is 1. The molecule has 2 N–H and O–H groups in total. The van der Waals surface area contributed by atoms with Crippen molar-refractivity contribution in [2.24, 2.45) is 5.73 Å². The number of ketones is 1. The average Bonchev–Trinajstić information content (AvgIpc) is 1.90. The van der Waals surface area contributed by atoms with Gasteiger partial charge in [-0.15, -0.1) is 6.54 Å². The smallest absolute Gasteiger partial charge is 0.136 e. The normalized spacial score (nSPS) is 17.4. The maximum Gasteiger partial charge on any atom is 0.136 e. The predicted molar refractivity (Wildman–Crippen MR) is 35.3 cm³/mol. The molecule has 2 heteroatoms.